The molecule has 3 fully saturated rings. The van der Waals surface area contributed by atoms with E-state index in [4.69, 9.17) is 19.2 Å². The van der Waals surface area contributed by atoms with Crippen LogP contribution < -0.4 is 20.1 Å². The van der Waals surface area contributed by atoms with Gasteiger partial charge in [0, 0.05) is 25.2 Å². The van der Waals surface area contributed by atoms with Gasteiger partial charge in [-0.05, 0) is 62.3 Å². The van der Waals surface area contributed by atoms with Crippen LogP contribution in [0.1, 0.15) is 45.4 Å². The van der Waals surface area contributed by atoms with Crippen LogP contribution in [0.25, 0.3) is 11.1 Å². The number of ether oxygens (including phenoxy) is 3. The fourth-order valence-corrected chi connectivity index (χ4v) is 4.71. The Bertz CT molecular complexity index is 871. The molecule has 0 bridgehead atoms. The van der Waals surface area contributed by atoms with E-state index >= 15 is 0 Å². The Kier molecular flexibility index (Phi) is 6.74. The average molecular weight is 439 g/mol. The van der Waals surface area contributed by atoms with Gasteiger partial charge < -0.3 is 24.8 Å². The Morgan fingerprint density at radius 1 is 1.00 bits per heavy atom. The molecule has 7 nitrogen and oxygen atoms in total. The first-order chi connectivity index (χ1) is 15.7. The highest BCUT2D eigenvalue weighted by atomic mass is 16.5. The summed E-state index contributed by atoms with van der Waals surface area (Å²) in [5, 5.41) is 6.87. The van der Waals surface area contributed by atoms with Crippen molar-refractivity contribution in [3.63, 3.8) is 0 Å². The lowest BCUT2D eigenvalue weighted by Crippen LogP contribution is -2.26. The molecular formula is C25H34N4O3. The number of hydrogen-bond acceptors (Lipinski definition) is 7. The fraction of sp³-hybridized carbons (Fsp3) is 0.600. The second-order valence-electron chi connectivity index (χ2n) is 9.37. The molecule has 7 heteroatoms. The normalized spacial score (nSPS) is 27.9. The van der Waals surface area contributed by atoms with Crippen molar-refractivity contribution < 1.29 is 14.2 Å². The van der Waals surface area contributed by atoms with Crippen molar-refractivity contribution in [2.75, 3.05) is 31.6 Å². The zero-order chi connectivity index (χ0) is 21.8. The average Bonchev–Trinajstić information content (AvgIpc) is 3.51. The maximum absolute atomic E-state index is 6.29. The van der Waals surface area contributed by atoms with Crippen molar-refractivity contribution in [3.05, 3.63) is 30.5 Å². The molecule has 1 saturated carbocycles. The SMILES string of the molecule is CC1CCC(Nc2ncc(-c3ccc(OC4CCNC4)cc3)c(O[C@@H]3CCOC3)n2)CC1. The van der Waals surface area contributed by atoms with Crippen LogP contribution in [0, 0.1) is 5.92 Å². The van der Waals surface area contributed by atoms with Gasteiger partial charge in [0.05, 0.1) is 18.8 Å². The van der Waals surface area contributed by atoms with Gasteiger partial charge in [0.15, 0.2) is 0 Å². The lowest BCUT2D eigenvalue weighted by atomic mass is 9.87. The molecule has 1 aliphatic carbocycles. The van der Waals surface area contributed by atoms with Crippen LogP contribution >= 0.6 is 0 Å². The van der Waals surface area contributed by atoms with Gasteiger partial charge >= 0.3 is 0 Å². The molecule has 3 heterocycles. The smallest absolute Gasteiger partial charge is 0.226 e. The van der Waals surface area contributed by atoms with Gasteiger partial charge in [-0.3, -0.25) is 0 Å². The number of nitrogens with zero attached hydrogens (tertiary/aromatic N) is 2. The minimum absolute atomic E-state index is 0.0319. The Morgan fingerprint density at radius 2 is 1.84 bits per heavy atom. The van der Waals surface area contributed by atoms with Crippen molar-refractivity contribution in [1.29, 1.82) is 0 Å². The van der Waals surface area contributed by atoms with Crippen molar-refractivity contribution in [3.8, 4) is 22.8 Å². The van der Waals surface area contributed by atoms with Crippen molar-refractivity contribution in [1.82, 2.24) is 15.3 Å². The Labute approximate surface area is 190 Å². The standard InChI is InChI=1S/C25H34N4O3/c1-17-2-6-19(7-3-17)28-25-27-15-23(24(29-25)32-22-11-13-30-16-22)18-4-8-20(9-5-18)31-21-10-12-26-14-21/h4-5,8-9,15,17,19,21-22,26H,2-3,6-7,10-14,16H2,1H3,(H,27,28,29)/t17?,19?,21?,22-/m1/s1. The molecule has 5 rings (SSSR count). The summed E-state index contributed by atoms with van der Waals surface area (Å²) in [6.07, 6.45) is 8.92. The maximum atomic E-state index is 6.29. The Balaban J connectivity index is 1.33. The highest BCUT2D eigenvalue weighted by Crippen LogP contribution is 2.33. The van der Waals surface area contributed by atoms with Gasteiger partial charge in [-0.25, -0.2) is 4.98 Å². The van der Waals surface area contributed by atoms with Crippen LogP contribution in [0.15, 0.2) is 30.5 Å². The van der Waals surface area contributed by atoms with Crippen LogP contribution in [0.2, 0.25) is 0 Å². The molecule has 2 saturated heterocycles. The van der Waals surface area contributed by atoms with Gasteiger partial charge in [-0.15, -0.1) is 0 Å². The number of hydrogen-bond donors (Lipinski definition) is 2. The number of rotatable bonds is 7. The predicted molar refractivity (Wildman–Crippen MR) is 124 cm³/mol. The van der Waals surface area contributed by atoms with E-state index < -0.39 is 0 Å². The third-order valence-corrected chi connectivity index (χ3v) is 6.75. The molecule has 2 aliphatic heterocycles. The van der Waals surface area contributed by atoms with Crippen LogP contribution in [-0.4, -0.2) is 54.5 Å². The molecule has 0 spiro atoms. The number of anilines is 1. The molecule has 3 aliphatic rings. The molecule has 172 valence electrons. The van der Waals surface area contributed by atoms with Gasteiger partial charge in [0.2, 0.25) is 11.8 Å². The Morgan fingerprint density at radius 3 is 2.56 bits per heavy atom. The highest BCUT2D eigenvalue weighted by Gasteiger charge is 2.23. The number of nitrogens with one attached hydrogen (secondary N) is 2. The third-order valence-electron chi connectivity index (χ3n) is 6.75. The molecule has 0 amide bonds. The number of aromatic nitrogens is 2. The third kappa shape index (κ3) is 5.33. The van der Waals surface area contributed by atoms with Gasteiger partial charge in [-0.1, -0.05) is 19.1 Å². The lowest BCUT2D eigenvalue weighted by Gasteiger charge is -2.27. The maximum Gasteiger partial charge on any atom is 0.226 e. The zero-order valence-corrected chi connectivity index (χ0v) is 18.9. The van der Waals surface area contributed by atoms with E-state index in [9.17, 15) is 0 Å². The number of benzene rings is 1. The molecule has 2 N–H and O–H groups in total. The quantitative estimate of drug-likeness (QED) is 0.675. The van der Waals surface area contributed by atoms with Crippen molar-refractivity contribution >= 4 is 5.95 Å². The van der Waals surface area contributed by atoms with Gasteiger partial charge in [0.1, 0.15) is 18.0 Å². The summed E-state index contributed by atoms with van der Waals surface area (Å²) in [7, 11) is 0. The molecule has 2 atom stereocenters. The zero-order valence-electron chi connectivity index (χ0n) is 18.9. The van der Waals surface area contributed by atoms with Crippen LogP contribution in [0.3, 0.4) is 0 Å². The molecule has 1 unspecified atom stereocenters. The second-order valence-corrected chi connectivity index (χ2v) is 9.37. The summed E-state index contributed by atoms with van der Waals surface area (Å²) in [5.41, 5.74) is 1.92. The summed E-state index contributed by atoms with van der Waals surface area (Å²) in [6.45, 7) is 5.60. The molecule has 32 heavy (non-hydrogen) atoms. The van der Waals surface area contributed by atoms with Gasteiger partial charge in [0.25, 0.3) is 0 Å². The van der Waals surface area contributed by atoms with Crippen LogP contribution in [0.4, 0.5) is 5.95 Å². The first-order valence-electron chi connectivity index (χ1n) is 12.1. The fourth-order valence-electron chi connectivity index (χ4n) is 4.71. The van der Waals surface area contributed by atoms with E-state index in [1.807, 2.05) is 18.3 Å². The van der Waals surface area contributed by atoms with E-state index in [0.717, 1.165) is 68.2 Å². The summed E-state index contributed by atoms with van der Waals surface area (Å²) >= 11 is 0. The minimum Gasteiger partial charge on any atom is -0.489 e. The minimum atomic E-state index is 0.0319. The first-order valence-corrected chi connectivity index (χ1v) is 12.1. The van der Waals surface area contributed by atoms with Crippen LogP contribution in [-0.2, 0) is 4.74 Å². The predicted octanol–water partition coefficient (Wildman–Crippen LogP) is 4.04. The molecule has 2 aromatic rings. The van der Waals surface area contributed by atoms with Crippen molar-refractivity contribution in [2.24, 2.45) is 5.92 Å². The molecule has 1 aromatic carbocycles. The summed E-state index contributed by atoms with van der Waals surface area (Å²) in [5.74, 6) is 2.97. The second kappa shape index (κ2) is 10.0. The van der Waals surface area contributed by atoms with Crippen molar-refractivity contribution in [2.45, 2.75) is 63.7 Å². The highest BCUT2D eigenvalue weighted by molar-refractivity contribution is 5.69. The summed E-state index contributed by atoms with van der Waals surface area (Å²) in [6, 6.07) is 8.59. The molecule has 1 aromatic heterocycles. The molecule has 0 radical (unpaired) electrons. The lowest BCUT2D eigenvalue weighted by molar-refractivity contribution is 0.138. The largest absolute Gasteiger partial charge is 0.489 e. The van der Waals surface area contributed by atoms with E-state index in [1.165, 1.54) is 12.8 Å². The van der Waals surface area contributed by atoms with E-state index in [1.54, 1.807) is 0 Å². The van der Waals surface area contributed by atoms with Gasteiger partial charge in [-0.2, -0.15) is 4.98 Å². The van der Waals surface area contributed by atoms with E-state index in [2.05, 4.69) is 34.7 Å². The first kappa shape index (κ1) is 21.5. The Hall–Kier alpha value is -2.38. The van der Waals surface area contributed by atoms with E-state index in [0.29, 0.717) is 24.5 Å². The summed E-state index contributed by atoms with van der Waals surface area (Å²) in [4.78, 5) is 9.43. The molecular weight excluding hydrogens is 404 g/mol. The topological polar surface area (TPSA) is 77.5 Å². The van der Waals surface area contributed by atoms with E-state index in [-0.39, 0.29) is 12.2 Å². The van der Waals surface area contributed by atoms with Crippen LogP contribution in [0.5, 0.6) is 11.6 Å². The summed E-state index contributed by atoms with van der Waals surface area (Å²) < 4.78 is 17.9. The monoisotopic (exact) mass is 438 g/mol.